The van der Waals surface area contributed by atoms with Gasteiger partial charge in [0, 0.05) is 12.6 Å². The zero-order valence-electron chi connectivity index (χ0n) is 8.64. The molecule has 1 rings (SSSR count). The van der Waals surface area contributed by atoms with E-state index in [4.69, 9.17) is 5.11 Å². The Morgan fingerprint density at radius 2 is 2.38 bits per heavy atom. The zero-order chi connectivity index (χ0) is 12.1. The average molecular weight is 225 g/mol. The van der Waals surface area contributed by atoms with Crippen LogP contribution in [0.2, 0.25) is 0 Å². The monoisotopic (exact) mass is 225 g/mol. The van der Waals surface area contributed by atoms with Crippen LogP contribution < -0.4 is 5.32 Å². The van der Waals surface area contributed by atoms with E-state index in [-0.39, 0.29) is 17.1 Å². The van der Waals surface area contributed by atoms with Crippen molar-refractivity contribution in [2.45, 2.75) is 13.3 Å². The highest BCUT2D eigenvalue weighted by atomic mass is 16.6. The molecule has 86 valence electrons. The highest BCUT2D eigenvalue weighted by Gasteiger charge is 2.16. The lowest BCUT2D eigenvalue weighted by Crippen LogP contribution is -2.09. The summed E-state index contributed by atoms with van der Waals surface area (Å²) in [5.41, 5.74) is -0.526. The standard InChI is InChI=1S/C9H11N3O4/c1-2-3-10-8-7(9(13)14)4-6(5-11-8)12(15)16/h4-5H,2-3H2,1H3,(H,10,11)(H,13,14). The van der Waals surface area contributed by atoms with Gasteiger partial charge in [0.1, 0.15) is 17.6 Å². The van der Waals surface area contributed by atoms with Crippen LogP contribution in [0.1, 0.15) is 23.7 Å². The molecule has 0 aliphatic carbocycles. The van der Waals surface area contributed by atoms with E-state index < -0.39 is 10.9 Å². The molecule has 0 amide bonds. The van der Waals surface area contributed by atoms with E-state index in [1.807, 2.05) is 6.92 Å². The third-order valence-corrected chi connectivity index (χ3v) is 1.86. The van der Waals surface area contributed by atoms with Gasteiger partial charge in [0.05, 0.1) is 4.92 Å². The van der Waals surface area contributed by atoms with Crippen LogP contribution in [0.3, 0.4) is 0 Å². The van der Waals surface area contributed by atoms with Crippen molar-refractivity contribution in [3.8, 4) is 0 Å². The lowest BCUT2D eigenvalue weighted by atomic mass is 10.2. The average Bonchev–Trinajstić information content (AvgIpc) is 2.25. The van der Waals surface area contributed by atoms with Crippen molar-refractivity contribution in [1.29, 1.82) is 0 Å². The van der Waals surface area contributed by atoms with E-state index in [0.29, 0.717) is 6.54 Å². The molecule has 0 aliphatic heterocycles. The van der Waals surface area contributed by atoms with Gasteiger partial charge in [-0.15, -0.1) is 0 Å². The molecule has 16 heavy (non-hydrogen) atoms. The first-order chi connectivity index (χ1) is 7.56. The number of nitro groups is 1. The van der Waals surface area contributed by atoms with Crippen molar-refractivity contribution in [1.82, 2.24) is 4.98 Å². The van der Waals surface area contributed by atoms with E-state index in [2.05, 4.69) is 10.3 Å². The predicted molar refractivity (Wildman–Crippen MR) is 56.6 cm³/mol. The van der Waals surface area contributed by atoms with E-state index in [9.17, 15) is 14.9 Å². The molecule has 0 aromatic carbocycles. The van der Waals surface area contributed by atoms with Gasteiger partial charge < -0.3 is 10.4 Å². The lowest BCUT2D eigenvalue weighted by Gasteiger charge is -2.06. The number of anilines is 1. The first-order valence-electron chi connectivity index (χ1n) is 4.67. The highest BCUT2D eigenvalue weighted by molar-refractivity contribution is 5.93. The minimum atomic E-state index is -1.24. The molecule has 7 nitrogen and oxygen atoms in total. The number of pyridine rings is 1. The molecule has 7 heteroatoms. The number of carboxylic acids is 1. The normalized spacial score (nSPS) is 9.81. The lowest BCUT2D eigenvalue weighted by molar-refractivity contribution is -0.385. The Morgan fingerprint density at radius 1 is 1.69 bits per heavy atom. The van der Waals surface area contributed by atoms with Crippen LogP contribution in [0.5, 0.6) is 0 Å². The van der Waals surface area contributed by atoms with Crippen molar-refractivity contribution in [3.63, 3.8) is 0 Å². The first kappa shape index (κ1) is 11.9. The molecular weight excluding hydrogens is 214 g/mol. The largest absolute Gasteiger partial charge is 0.478 e. The van der Waals surface area contributed by atoms with Gasteiger partial charge in [-0.1, -0.05) is 6.92 Å². The second-order valence-electron chi connectivity index (χ2n) is 3.08. The molecule has 1 aromatic rings. The summed E-state index contributed by atoms with van der Waals surface area (Å²) in [5.74, 6) is -1.09. The second kappa shape index (κ2) is 5.06. The van der Waals surface area contributed by atoms with Gasteiger partial charge in [0.15, 0.2) is 0 Å². The summed E-state index contributed by atoms with van der Waals surface area (Å²) in [6, 6.07) is 0.993. The van der Waals surface area contributed by atoms with Crippen LogP contribution >= 0.6 is 0 Å². The molecule has 0 fully saturated rings. The number of rotatable bonds is 5. The number of hydrogen-bond donors (Lipinski definition) is 2. The van der Waals surface area contributed by atoms with Crippen LogP contribution in [0, 0.1) is 10.1 Å². The zero-order valence-corrected chi connectivity index (χ0v) is 8.64. The molecule has 0 aliphatic rings. The molecule has 0 radical (unpaired) electrons. The topological polar surface area (TPSA) is 105 Å². The van der Waals surface area contributed by atoms with Gasteiger partial charge in [-0.05, 0) is 6.42 Å². The highest BCUT2D eigenvalue weighted by Crippen LogP contribution is 2.18. The number of carbonyl (C=O) groups is 1. The minimum Gasteiger partial charge on any atom is -0.478 e. The maximum absolute atomic E-state index is 10.9. The summed E-state index contributed by atoms with van der Waals surface area (Å²) in [6.45, 7) is 2.48. The van der Waals surface area contributed by atoms with Gasteiger partial charge in [-0.25, -0.2) is 9.78 Å². The Hall–Kier alpha value is -2.18. The van der Waals surface area contributed by atoms with Crippen LogP contribution in [0.25, 0.3) is 0 Å². The molecule has 0 saturated carbocycles. The molecule has 2 N–H and O–H groups in total. The van der Waals surface area contributed by atoms with Crippen molar-refractivity contribution in [2.24, 2.45) is 0 Å². The maximum atomic E-state index is 10.9. The van der Waals surface area contributed by atoms with Crippen LogP contribution in [-0.2, 0) is 0 Å². The Bertz CT molecular complexity index is 419. The Morgan fingerprint density at radius 3 is 2.88 bits per heavy atom. The molecule has 0 saturated heterocycles. The van der Waals surface area contributed by atoms with Gasteiger partial charge in [0.2, 0.25) is 0 Å². The molecule has 0 unspecified atom stereocenters. The number of hydrogen-bond acceptors (Lipinski definition) is 5. The number of aromatic carboxylic acids is 1. The maximum Gasteiger partial charge on any atom is 0.339 e. The summed E-state index contributed by atoms with van der Waals surface area (Å²) in [7, 11) is 0. The summed E-state index contributed by atoms with van der Waals surface area (Å²) in [4.78, 5) is 24.4. The fourth-order valence-electron chi connectivity index (χ4n) is 1.10. The van der Waals surface area contributed by atoms with E-state index >= 15 is 0 Å². The molecule has 1 heterocycles. The van der Waals surface area contributed by atoms with Gasteiger partial charge in [-0.2, -0.15) is 0 Å². The van der Waals surface area contributed by atoms with Crippen molar-refractivity contribution < 1.29 is 14.8 Å². The van der Waals surface area contributed by atoms with Crippen LogP contribution in [0.15, 0.2) is 12.3 Å². The fourth-order valence-corrected chi connectivity index (χ4v) is 1.10. The predicted octanol–water partition coefficient (Wildman–Crippen LogP) is 1.51. The van der Waals surface area contributed by atoms with E-state index in [0.717, 1.165) is 18.7 Å². The Kier molecular flexibility index (Phi) is 3.76. The van der Waals surface area contributed by atoms with Crippen LogP contribution in [-0.4, -0.2) is 27.5 Å². The summed E-state index contributed by atoms with van der Waals surface area (Å²) >= 11 is 0. The van der Waals surface area contributed by atoms with Gasteiger partial charge in [0.25, 0.3) is 5.69 Å². The fraction of sp³-hybridized carbons (Fsp3) is 0.333. The Balaban J connectivity index is 3.09. The molecule has 0 bridgehead atoms. The number of aromatic nitrogens is 1. The van der Waals surface area contributed by atoms with Crippen molar-refractivity contribution in [3.05, 3.63) is 27.9 Å². The minimum absolute atomic E-state index is 0.153. The second-order valence-corrected chi connectivity index (χ2v) is 3.08. The summed E-state index contributed by atoms with van der Waals surface area (Å²) in [6.07, 6.45) is 1.84. The summed E-state index contributed by atoms with van der Waals surface area (Å²) < 4.78 is 0. The molecule has 0 spiro atoms. The van der Waals surface area contributed by atoms with E-state index in [1.54, 1.807) is 0 Å². The SMILES string of the molecule is CCCNc1ncc([N+](=O)[O-])cc1C(=O)O. The van der Waals surface area contributed by atoms with Crippen molar-refractivity contribution in [2.75, 3.05) is 11.9 Å². The number of nitrogens with one attached hydrogen (secondary N) is 1. The smallest absolute Gasteiger partial charge is 0.339 e. The molecule has 0 atom stereocenters. The number of carboxylic acid groups (broad SMARTS) is 1. The van der Waals surface area contributed by atoms with Gasteiger partial charge in [-0.3, -0.25) is 10.1 Å². The van der Waals surface area contributed by atoms with E-state index in [1.165, 1.54) is 0 Å². The molecular formula is C9H11N3O4. The first-order valence-corrected chi connectivity index (χ1v) is 4.67. The third kappa shape index (κ3) is 2.66. The number of nitrogens with zero attached hydrogens (tertiary/aromatic N) is 2. The van der Waals surface area contributed by atoms with Gasteiger partial charge >= 0.3 is 5.97 Å². The summed E-state index contributed by atoms with van der Waals surface area (Å²) in [5, 5.41) is 22.1. The third-order valence-electron chi connectivity index (χ3n) is 1.86. The quantitative estimate of drug-likeness (QED) is 0.581. The molecule has 1 aromatic heterocycles. The van der Waals surface area contributed by atoms with Crippen molar-refractivity contribution >= 4 is 17.5 Å². The van der Waals surface area contributed by atoms with Crippen LogP contribution in [0.4, 0.5) is 11.5 Å². The Labute approximate surface area is 91.3 Å².